The van der Waals surface area contributed by atoms with Gasteiger partial charge in [-0.05, 0) is 50.5 Å². The normalized spacial score (nSPS) is 13.7. The molecule has 0 aliphatic rings. The van der Waals surface area contributed by atoms with Crippen molar-refractivity contribution in [3.05, 3.63) is 29.6 Å². The van der Waals surface area contributed by atoms with Crippen molar-refractivity contribution in [3.8, 4) is 5.75 Å². The van der Waals surface area contributed by atoms with Gasteiger partial charge in [0.25, 0.3) is 0 Å². The van der Waals surface area contributed by atoms with Crippen LogP contribution in [0.4, 0.5) is 4.39 Å². The standard InChI is InChI=1S/C15H22FNO3/c1-4-13(15(18)19-5-2)20-14-7-6-12(16)9-11(14)8-10(3)17/h6-7,9-10,13H,4-5,8,17H2,1-3H3. The Kier molecular flexibility index (Phi) is 6.45. The van der Waals surface area contributed by atoms with Crippen molar-refractivity contribution >= 4 is 5.97 Å². The molecular weight excluding hydrogens is 261 g/mol. The van der Waals surface area contributed by atoms with E-state index in [9.17, 15) is 9.18 Å². The van der Waals surface area contributed by atoms with Crippen LogP contribution in [-0.4, -0.2) is 24.7 Å². The molecule has 2 N–H and O–H groups in total. The minimum absolute atomic E-state index is 0.123. The van der Waals surface area contributed by atoms with Crippen LogP contribution in [0.3, 0.4) is 0 Å². The topological polar surface area (TPSA) is 61.5 Å². The number of rotatable bonds is 7. The van der Waals surface area contributed by atoms with Gasteiger partial charge >= 0.3 is 5.97 Å². The predicted octanol–water partition coefficient (Wildman–Crippen LogP) is 2.44. The number of benzene rings is 1. The number of carbonyl (C=O) groups excluding carboxylic acids is 1. The molecule has 2 unspecified atom stereocenters. The Bertz CT molecular complexity index is 449. The molecule has 0 spiro atoms. The second kappa shape index (κ2) is 7.85. The number of hydrogen-bond donors (Lipinski definition) is 1. The molecule has 0 amide bonds. The zero-order chi connectivity index (χ0) is 15.1. The predicted molar refractivity (Wildman–Crippen MR) is 75.1 cm³/mol. The molecular formula is C15H22FNO3. The lowest BCUT2D eigenvalue weighted by molar-refractivity contribution is -0.151. The quantitative estimate of drug-likeness (QED) is 0.781. The summed E-state index contributed by atoms with van der Waals surface area (Å²) in [6.07, 6.45) is 0.271. The van der Waals surface area contributed by atoms with Gasteiger partial charge < -0.3 is 15.2 Å². The molecule has 0 saturated carbocycles. The number of ether oxygens (including phenoxy) is 2. The molecule has 0 fully saturated rings. The maximum atomic E-state index is 13.3. The van der Waals surface area contributed by atoms with E-state index in [0.29, 0.717) is 30.8 Å². The molecule has 1 aromatic carbocycles. The van der Waals surface area contributed by atoms with Crippen LogP contribution in [0, 0.1) is 5.82 Å². The SMILES string of the molecule is CCOC(=O)C(CC)Oc1ccc(F)cc1CC(C)N. The Morgan fingerprint density at radius 1 is 1.40 bits per heavy atom. The minimum Gasteiger partial charge on any atom is -0.478 e. The largest absolute Gasteiger partial charge is 0.478 e. The lowest BCUT2D eigenvalue weighted by atomic mass is 10.1. The summed E-state index contributed by atoms with van der Waals surface area (Å²) < 4.78 is 23.9. The number of hydrogen-bond acceptors (Lipinski definition) is 4. The monoisotopic (exact) mass is 283 g/mol. The van der Waals surface area contributed by atoms with Crippen LogP contribution in [0.1, 0.15) is 32.8 Å². The first kappa shape index (κ1) is 16.4. The lowest BCUT2D eigenvalue weighted by Crippen LogP contribution is -2.29. The van der Waals surface area contributed by atoms with E-state index in [1.165, 1.54) is 18.2 Å². The molecule has 0 bridgehead atoms. The number of halogens is 1. The maximum Gasteiger partial charge on any atom is 0.347 e. The summed E-state index contributed by atoms with van der Waals surface area (Å²) in [4.78, 5) is 11.7. The van der Waals surface area contributed by atoms with Crippen molar-refractivity contribution in [2.75, 3.05) is 6.61 Å². The Labute approximate surface area is 119 Å². The van der Waals surface area contributed by atoms with E-state index in [4.69, 9.17) is 15.2 Å². The van der Waals surface area contributed by atoms with Crippen LogP contribution < -0.4 is 10.5 Å². The van der Waals surface area contributed by atoms with E-state index in [2.05, 4.69) is 0 Å². The highest BCUT2D eigenvalue weighted by Crippen LogP contribution is 2.23. The molecule has 0 aromatic heterocycles. The van der Waals surface area contributed by atoms with Crippen LogP contribution in [0.25, 0.3) is 0 Å². The van der Waals surface area contributed by atoms with Gasteiger partial charge in [-0.1, -0.05) is 6.92 Å². The second-order valence-corrected chi connectivity index (χ2v) is 4.70. The Morgan fingerprint density at radius 3 is 2.65 bits per heavy atom. The molecule has 112 valence electrons. The van der Waals surface area contributed by atoms with Gasteiger partial charge in [0.05, 0.1) is 6.61 Å². The first-order valence-corrected chi connectivity index (χ1v) is 6.85. The van der Waals surface area contributed by atoms with Gasteiger partial charge in [0.15, 0.2) is 6.10 Å². The summed E-state index contributed by atoms with van der Waals surface area (Å²) in [5.74, 6) is -0.285. The fraction of sp³-hybridized carbons (Fsp3) is 0.533. The third-order valence-corrected chi connectivity index (χ3v) is 2.75. The molecule has 0 heterocycles. The average molecular weight is 283 g/mol. The molecule has 0 radical (unpaired) electrons. The molecule has 1 rings (SSSR count). The van der Waals surface area contributed by atoms with Crippen molar-refractivity contribution in [2.45, 2.75) is 45.8 Å². The zero-order valence-electron chi connectivity index (χ0n) is 12.2. The van der Waals surface area contributed by atoms with Crippen molar-refractivity contribution in [3.63, 3.8) is 0 Å². The Morgan fingerprint density at radius 2 is 2.10 bits per heavy atom. The maximum absolute atomic E-state index is 13.3. The first-order chi connectivity index (χ1) is 9.47. The van der Waals surface area contributed by atoms with Gasteiger partial charge in [-0.3, -0.25) is 0 Å². The van der Waals surface area contributed by atoms with Gasteiger partial charge in [0, 0.05) is 6.04 Å². The van der Waals surface area contributed by atoms with Gasteiger partial charge in [-0.25, -0.2) is 9.18 Å². The van der Waals surface area contributed by atoms with Gasteiger partial charge in [0.2, 0.25) is 0 Å². The molecule has 0 aliphatic carbocycles. The highest BCUT2D eigenvalue weighted by molar-refractivity contribution is 5.75. The molecule has 5 heteroatoms. The first-order valence-electron chi connectivity index (χ1n) is 6.85. The molecule has 0 saturated heterocycles. The minimum atomic E-state index is -0.688. The average Bonchev–Trinajstić information content (AvgIpc) is 2.37. The van der Waals surface area contributed by atoms with Gasteiger partial charge in [-0.2, -0.15) is 0 Å². The fourth-order valence-electron chi connectivity index (χ4n) is 1.86. The summed E-state index contributed by atoms with van der Waals surface area (Å²) in [5.41, 5.74) is 6.40. The van der Waals surface area contributed by atoms with E-state index in [1.807, 2.05) is 13.8 Å². The van der Waals surface area contributed by atoms with Crippen LogP contribution in [0.15, 0.2) is 18.2 Å². The van der Waals surface area contributed by atoms with Crippen LogP contribution in [0.2, 0.25) is 0 Å². The Balaban J connectivity index is 2.91. The third-order valence-electron chi connectivity index (χ3n) is 2.75. The lowest BCUT2D eigenvalue weighted by Gasteiger charge is -2.19. The van der Waals surface area contributed by atoms with E-state index < -0.39 is 12.1 Å². The summed E-state index contributed by atoms with van der Waals surface area (Å²) >= 11 is 0. The number of esters is 1. The van der Waals surface area contributed by atoms with Crippen LogP contribution in [0.5, 0.6) is 5.75 Å². The molecule has 1 aromatic rings. The van der Waals surface area contributed by atoms with Crippen LogP contribution >= 0.6 is 0 Å². The Hall–Kier alpha value is -1.62. The van der Waals surface area contributed by atoms with E-state index in [-0.39, 0.29) is 11.9 Å². The summed E-state index contributed by atoms with van der Waals surface area (Å²) in [6.45, 7) is 5.70. The van der Waals surface area contributed by atoms with Crippen molar-refractivity contribution in [2.24, 2.45) is 5.73 Å². The zero-order valence-corrected chi connectivity index (χ0v) is 12.2. The molecule has 0 aliphatic heterocycles. The molecule has 20 heavy (non-hydrogen) atoms. The van der Waals surface area contributed by atoms with Gasteiger partial charge in [-0.15, -0.1) is 0 Å². The van der Waals surface area contributed by atoms with E-state index in [0.717, 1.165) is 0 Å². The van der Waals surface area contributed by atoms with Gasteiger partial charge in [0.1, 0.15) is 11.6 Å². The fourth-order valence-corrected chi connectivity index (χ4v) is 1.86. The summed E-state index contributed by atoms with van der Waals surface area (Å²) in [7, 11) is 0. The highest BCUT2D eigenvalue weighted by Gasteiger charge is 2.21. The summed E-state index contributed by atoms with van der Waals surface area (Å²) in [5, 5.41) is 0. The number of carbonyl (C=O) groups is 1. The highest BCUT2D eigenvalue weighted by atomic mass is 19.1. The second-order valence-electron chi connectivity index (χ2n) is 4.70. The summed E-state index contributed by atoms with van der Waals surface area (Å²) in [6, 6.07) is 4.09. The van der Waals surface area contributed by atoms with Crippen LogP contribution in [-0.2, 0) is 16.0 Å². The molecule has 2 atom stereocenters. The molecule has 4 nitrogen and oxygen atoms in total. The van der Waals surface area contributed by atoms with Crippen molar-refractivity contribution < 1.29 is 18.7 Å². The smallest absolute Gasteiger partial charge is 0.347 e. The van der Waals surface area contributed by atoms with Crippen molar-refractivity contribution in [1.29, 1.82) is 0 Å². The number of nitrogens with two attached hydrogens (primary N) is 1. The van der Waals surface area contributed by atoms with E-state index >= 15 is 0 Å². The van der Waals surface area contributed by atoms with Crippen molar-refractivity contribution in [1.82, 2.24) is 0 Å². The van der Waals surface area contributed by atoms with E-state index in [1.54, 1.807) is 6.92 Å². The third kappa shape index (κ3) is 4.81.